The zero-order valence-corrected chi connectivity index (χ0v) is 12.6. The van der Waals surface area contributed by atoms with Gasteiger partial charge in [0.2, 0.25) is 0 Å². The summed E-state index contributed by atoms with van der Waals surface area (Å²) in [5.41, 5.74) is 8.62. The third-order valence-corrected chi connectivity index (χ3v) is 4.44. The van der Waals surface area contributed by atoms with Crippen molar-refractivity contribution in [3.05, 3.63) is 45.8 Å². The van der Waals surface area contributed by atoms with Crippen LogP contribution in [0.4, 0.5) is 0 Å². The number of fused-ring (bicyclic) bond motifs is 1. The van der Waals surface area contributed by atoms with Crippen molar-refractivity contribution in [1.82, 2.24) is 4.90 Å². The minimum atomic E-state index is -0.273. The molecule has 4 heteroatoms. The molecule has 1 aromatic heterocycles. The van der Waals surface area contributed by atoms with Gasteiger partial charge in [-0.1, -0.05) is 19.1 Å². The van der Waals surface area contributed by atoms with Crippen molar-refractivity contribution in [2.24, 2.45) is 11.7 Å². The van der Waals surface area contributed by atoms with Gasteiger partial charge in [0, 0.05) is 30.6 Å². The van der Waals surface area contributed by atoms with E-state index in [0.29, 0.717) is 17.5 Å². The SMILES string of the molecule is Cc1ccc2c(CN3CCC(N)C(C)C3)cc(=O)oc2c1. The minimum absolute atomic E-state index is 0.273. The summed E-state index contributed by atoms with van der Waals surface area (Å²) in [4.78, 5) is 14.1. The summed E-state index contributed by atoms with van der Waals surface area (Å²) in [5, 5.41) is 1.03. The molecule has 1 fully saturated rings. The van der Waals surface area contributed by atoms with E-state index in [-0.39, 0.29) is 5.63 Å². The third kappa shape index (κ3) is 3.01. The zero-order chi connectivity index (χ0) is 15.0. The summed E-state index contributed by atoms with van der Waals surface area (Å²) < 4.78 is 5.32. The van der Waals surface area contributed by atoms with Crippen LogP contribution in [0.15, 0.2) is 33.5 Å². The Morgan fingerprint density at radius 3 is 2.95 bits per heavy atom. The van der Waals surface area contributed by atoms with Crippen LogP contribution in [0, 0.1) is 12.8 Å². The predicted octanol–water partition coefficient (Wildman–Crippen LogP) is 2.27. The fourth-order valence-corrected chi connectivity index (χ4v) is 3.10. The minimum Gasteiger partial charge on any atom is -0.423 e. The maximum absolute atomic E-state index is 11.8. The first-order valence-corrected chi connectivity index (χ1v) is 7.54. The molecule has 0 bridgehead atoms. The van der Waals surface area contributed by atoms with Gasteiger partial charge in [-0.05, 0) is 43.0 Å². The van der Waals surface area contributed by atoms with Crippen molar-refractivity contribution in [2.75, 3.05) is 13.1 Å². The van der Waals surface area contributed by atoms with Gasteiger partial charge >= 0.3 is 5.63 Å². The molecule has 0 spiro atoms. The molecule has 1 aliphatic heterocycles. The van der Waals surface area contributed by atoms with Crippen LogP contribution in [0.1, 0.15) is 24.5 Å². The molecule has 2 heterocycles. The van der Waals surface area contributed by atoms with Gasteiger partial charge in [0.1, 0.15) is 5.58 Å². The Kier molecular flexibility index (Phi) is 3.83. The van der Waals surface area contributed by atoms with Crippen LogP contribution in [0.25, 0.3) is 11.0 Å². The van der Waals surface area contributed by atoms with E-state index in [1.54, 1.807) is 6.07 Å². The second-order valence-corrected chi connectivity index (χ2v) is 6.26. The van der Waals surface area contributed by atoms with Crippen LogP contribution in [-0.4, -0.2) is 24.0 Å². The molecule has 0 radical (unpaired) electrons. The van der Waals surface area contributed by atoms with Gasteiger partial charge in [-0.25, -0.2) is 4.79 Å². The van der Waals surface area contributed by atoms with E-state index in [4.69, 9.17) is 10.2 Å². The molecule has 4 nitrogen and oxygen atoms in total. The quantitative estimate of drug-likeness (QED) is 0.860. The number of piperidine rings is 1. The van der Waals surface area contributed by atoms with Gasteiger partial charge in [0.15, 0.2) is 0 Å². The molecular formula is C17H22N2O2. The highest BCUT2D eigenvalue weighted by Gasteiger charge is 2.23. The molecule has 0 amide bonds. The van der Waals surface area contributed by atoms with E-state index in [9.17, 15) is 4.79 Å². The first kappa shape index (κ1) is 14.3. The molecule has 21 heavy (non-hydrogen) atoms. The average molecular weight is 286 g/mol. The maximum Gasteiger partial charge on any atom is 0.336 e. The lowest BCUT2D eigenvalue weighted by molar-refractivity contribution is 0.158. The third-order valence-electron chi connectivity index (χ3n) is 4.44. The number of likely N-dealkylation sites (tertiary alicyclic amines) is 1. The molecule has 1 saturated heterocycles. The summed E-state index contributed by atoms with van der Waals surface area (Å²) >= 11 is 0. The summed E-state index contributed by atoms with van der Waals surface area (Å²) in [6.07, 6.45) is 1.01. The van der Waals surface area contributed by atoms with Crippen molar-refractivity contribution in [3.63, 3.8) is 0 Å². The van der Waals surface area contributed by atoms with Gasteiger partial charge in [-0.3, -0.25) is 4.90 Å². The summed E-state index contributed by atoms with van der Waals surface area (Å²) in [7, 11) is 0. The van der Waals surface area contributed by atoms with E-state index >= 15 is 0 Å². The Balaban J connectivity index is 1.92. The number of nitrogens with zero attached hydrogens (tertiary/aromatic N) is 1. The molecule has 1 aromatic carbocycles. The van der Waals surface area contributed by atoms with E-state index in [0.717, 1.165) is 42.6 Å². The van der Waals surface area contributed by atoms with Crippen LogP contribution >= 0.6 is 0 Å². The van der Waals surface area contributed by atoms with Gasteiger partial charge in [0.05, 0.1) is 0 Å². The molecule has 3 rings (SSSR count). The number of nitrogens with two attached hydrogens (primary N) is 1. The van der Waals surface area contributed by atoms with Crippen molar-refractivity contribution < 1.29 is 4.42 Å². The lowest BCUT2D eigenvalue weighted by Gasteiger charge is -2.35. The highest BCUT2D eigenvalue weighted by Crippen LogP contribution is 2.22. The molecule has 2 aromatic rings. The normalized spacial score (nSPS) is 23.6. The standard InChI is InChI=1S/C17H22N2O2/c1-11-3-4-14-13(8-17(20)21-16(14)7-11)10-19-6-5-15(18)12(2)9-19/h3-4,7-8,12,15H,5-6,9-10,18H2,1-2H3. The Morgan fingerprint density at radius 2 is 2.19 bits per heavy atom. The van der Waals surface area contributed by atoms with E-state index in [2.05, 4.69) is 17.9 Å². The summed E-state index contributed by atoms with van der Waals surface area (Å²) in [5.74, 6) is 0.493. The van der Waals surface area contributed by atoms with E-state index in [1.165, 1.54) is 0 Å². The number of hydrogen-bond donors (Lipinski definition) is 1. The van der Waals surface area contributed by atoms with Crippen LogP contribution in [0.5, 0.6) is 0 Å². The lowest BCUT2D eigenvalue weighted by atomic mass is 9.94. The Hall–Kier alpha value is -1.65. The Bertz CT molecular complexity index is 707. The molecule has 2 N–H and O–H groups in total. The first-order chi connectivity index (χ1) is 10.0. The number of rotatable bonds is 2. The summed E-state index contributed by atoms with van der Waals surface area (Å²) in [6.45, 7) is 6.94. The number of hydrogen-bond acceptors (Lipinski definition) is 4. The number of benzene rings is 1. The average Bonchev–Trinajstić information content (AvgIpc) is 2.42. The second-order valence-electron chi connectivity index (χ2n) is 6.26. The maximum atomic E-state index is 11.8. The monoisotopic (exact) mass is 286 g/mol. The molecule has 2 atom stereocenters. The van der Waals surface area contributed by atoms with Gasteiger partial charge in [0.25, 0.3) is 0 Å². The zero-order valence-electron chi connectivity index (χ0n) is 12.6. The van der Waals surface area contributed by atoms with Gasteiger partial charge in [-0.2, -0.15) is 0 Å². The topological polar surface area (TPSA) is 59.5 Å². The van der Waals surface area contributed by atoms with Crippen LogP contribution < -0.4 is 11.4 Å². The summed E-state index contributed by atoms with van der Waals surface area (Å²) in [6, 6.07) is 7.94. The van der Waals surface area contributed by atoms with Gasteiger partial charge in [-0.15, -0.1) is 0 Å². The largest absolute Gasteiger partial charge is 0.423 e. The van der Waals surface area contributed by atoms with Crippen LogP contribution in [-0.2, 0) is 6.54 Å². The van der Waals surface area contributed by atoms with Gasteiger partial charge < -0.3 is 10.2 Å². The predicted molar refractivity (Wildman–Crippen MR) is 84.3 cm³/mol. The van der Waals surface area contributed by atoms with E-state index in [1.807, 2.05) is 19.1 Å². The fraction of sp³-hybridized carbons (Fsp3) is 0.471. The van der Waals surface area contributed by atoms with Crippen molar-refractivity contribution in [3.8, 4) is 0 Å². The number of aryl methyl sites for hydroxylation is 1. The molecule has 112 valence electrons. The van der Waals surface area contributed by atoms with Crippen molar-refractivity contribution in [1.29, 1.82) is 0 Å². The van der Waals surface area contributed by atoms with E-state index < -0.39 is 0 Å². The lowest BCUT2D eigenvalue weighted by Crippen LogP contribution is -2.45. The Labute approximate surface area is 124 Å². The molecule has 2 unspecified atom stereocenters. The highest BCUT2D eigenvalue weighted by molar-refractivity contribution is 5.80. The molecule has 0 aliphatic carbocycles. The molecular weight excluding hydrogens is 264 g/mol. The van der Waals surface area contributed by atoms with Crippen LogP contribution in [0.2, 0.25) is 0 Å². The van der Waals surface area contributed by atoms with Crippen molar-refractivity contribution >= 4 is 11.0 Å². The Morgan fingerprint density at radius 1 is 1.38 bits per heavy atom. The fourth-order valence-electron chi connectivity index (χ4n) is 3.10. The first-order valence-electron chi connectivity index (χ1n) is 7.54. The smallest absolute Gasteiger partial charge is 0.336 e. The molecule has 0 saturated carbocycles. The van der Waals surface area contributed by atoms with Crippen LogP contribution in [0.3, 0.4) is 0 Å². The highest BCUT2D eigenvalue weighted by atomic mass is 16.4. The van der Waals surface area contributed by atoms with Crippen molar-refractivity contribution in [2.45, 2.75) is 32.9 Å². The second kappa shape index (κ2) is 5.62. The molecule has 1 aliphatic rings.